The Morgan fingerprint density at radius 3 is 2.69 bits per heavy atom. The molecule has 9 heteroatoms. The van der Waals surface area contributed by atoms with Crippen LogP contribution in [0.2, 0.25) is 10.0 Å². The Labute approximate surface area is 159 Å². The van der Waals surface area contributed by atoms with Gasteiger partial charge in [-0.3, -0.25) is 0 Å². The van der Waals surface area contributed by atoms with Gasteiger partial charge in [-0.15, -0.1) is 5.10 Å². The largest absolute Gasteiger partial charge is 0.454 e. The molecule has 0 saturated carbocycles. The van der Waals surface area contributed by atoms with Crippen molar-refractivity contribution in [2.75, 3.05) is 17.4 Å². The lowest BCUT2D eigenvalue weighted by Gasteiger charge is -2.10. The molecule has 0 unspecified atom stereocenters. The number of para-hydroxylation sites is 1. The molecule has 0 spiro atoms. The van der Waals surface area contributed by atoms with Crippen LogP contribution in [-0.4, -0.2) is 22.0 Å². The lowest BCUT2D eigenvalue weighted by atomic mass is 10.2. The molecular weight excluding hydrogens is 377 g/mol. The molecule has 0 amide bonds. The average molecular weight is 390 g/mol. The van der Waals surface area contributed by atoms with Crippen molar-refractivity contribution in [3.05, 3.63) is 58.2 Å². The predicted octanol–water partition coefficient (Wildman–Crippen LogP) is 4.26. The number of nitrogens with one attached hydrogen (secondary N) is 2. The molecule has 2 heterocycles. The average Bonchev–Trinajstić information content (AvgIpc) is 3.11. The molecule has 0 bridgehead atoms. The Hall–Kier alpha value is -2.77. The first kappa shape index (κ1) is 16.7. The van der Waals surface area contributed by atoms with Crippen molar-refractivity contribution < 1.29 is 9.47 Å². The first-order chi connectivity index (χ1) is 12.7. The molecule has 1 aliphatic rings. The minimum atomic E-state index is 0.252. The van der Waals surface area contributed by atoms with Gasteiger partial charge in [-0.1, -0.05) is 35.3 Å². The normalized spacial score (nSPS) is 12.1. The predicted molar refractivity (Wildman–Crippen MR) is 99.5 cm³/mol. The van der Waals surface area contributed by atoms with E-state index >= 15 is 0 Å². The molecular formula is C17H13Cl2N5O2. The van der Waals surface area contributed by atoms with Gasteiger partial charge in [0.15, 0.2) is 17.3 Å². The van der Waals surface area contributed by atoms with Gasteiger partial charge < -0.3 is 20.1 Å². The van der Waals surface area contributed by atoms with Crippen LogP contribution >= 0.6 is 23.2 Å². The molecule has 7 nitrogen and oxygen atoms in total. The van der Waals surface area contributed by atoms with Gasteiger partial charge in [-0.05, 0) is 29.8 Å². The third-order valence-corrected chi connectivity index (χ3v) is 4.30. The number of nitrogens with zero attached hydrogens (tertiary/aromatic N) is 3. The van der Waals surface area contributed by atoms with Crippen LogP contribution in [0, 0.1) is 0 Å². The minimum Gasteiger partial charge on any atom is -0.454 e. The van der Waals surface area contributed by atoms with Crippen LogP contribution in [0.3, 0.4) is 0 Å². The van der Waals surface area contributed by atoms with Crippen LogP contribution < -0.4 is 20.1 Å². The lowest BCUT2D eigenvalue weighted by molar-refractivity contribution is 0.174. The zero-order chi connectivity index (χ0) is 17.9. The van der Waals surface area contributed by atoms with Gasteiger partial charge in [0.25, 0.3) is 0 Å². The summed E-state index contributed by atoms with van der Waals surface area (Å²) in [5.74, 6) is 2.33. The van der Waals surface area contributed by atoms with E-state index in [4.69, 9.17) is 32.7 Å². The smallest absolute Gasteiger partial charge is 0.249 e. The van der Waals surface area contributed by atoms with E-state index in [1.165, 1.54) is 6.20 Å². The molecule has 26 heavy (non-hydrogen) atoms. The van der Waals surface area contributed by atoms with Crippen molar-refractivity contribution in [1.82, 2.24) is 15.2 Å². The van der Waals surface area contributed by atoms with E-state index in [-0.39, 0.29) is 12.7 Å². The van der Waals surface area contributed by atoms with Crippen LogP contribution in [-0.2, 0) is 6.54 Å². The number of ether oxygens (including phenoxy) is 2. The molecule has 132 valence electrons. The Morgan fingerprint density at radius 2 is 1.85 bits per heavy atom. The quantitative estimate of drug-likeness (QED) is 0.674. The van der Waals surface area contributed by atoms with Gasteiger partial charge >= 0.3 is 0 Å². The fourth-order valence-corrected chi connectivity index (χ4v) is 2.91. The summed E-state index contributed by atoms with van der Waals surface area (Å²) >= 11 is 12.3. The Kier molecular flexibility index (Phi) is 4.64. The third kappa shape index (κ3) is 3.58. The number of hydrogen-bond acceptors (Lipinski definition) is 7. The van der Waals surface area contributed by atoms with Crippen LogP contribution in [0.4, 0.5) is 17.5 Å². The monoisotopic (exact) mass is 389 g/mol. The van der Waals surface area contributed by atoms with Gasteiger partial charge in [0.05, 0.1) is 21.9 Å². The van der Waals surface area contributed by atoms with Crippen molar-refractivity contribution >= 4 is 40.7 Å². The van der Waals surface area contributed by atoms with E-state index in [0.717, 1.165) is 17.1 Å². The summed E-state index contributed by atoms with van der Waals surface area (Å²) < 4.78 is 10.7. The standard InChI is InChI=1S/C17H13Cl2N5O2/c18-11-2-1-3-12(19)16(11)23-17-22-15(8-21-24-17)20-7-10-4-5-13-14(6-10)26-9-25-13/h1-6,8H,7,9H2,(H2,20,22,23,24). The number of aromatic nitrogens is 3. The Bertz CT molecular complexity index is 934. The van der Waals surface area contributed by atoms with Crippen LogP contribution in [0.25, 0.3) is 0 Å². The fraction of sp³-hybridized carbons (Fsp3) is 0.118. The number of rotatable bonds is 5. The molecule has 3 aromatic rings. The molecule has 0 fully saturated rings. The molecule has 1 aliphatic heterocycles. The van der Waals surface area contributed by atoms with Crippen molar-refractivity contribution in [2.45, 2.75) is 6.54 Å². The second kappa shape index (κ2) is 7.23. The van der Waals surface area contributed by atoms with Gasteiger partial charge in [0.2, 0.25) is 12.7 Å². The highest BCUT2D eigenvalue weighted by Gasteiger charge is 2.13. The highest BCUT2D eigenvalue weighted by molar-refractivity contribution is 6.39. The highest BCUT2D eigenvalue weighted by Crippen LogP contribution is 2.33. The Balaban J connectivity index is 1.46. The topological polar surface area (TPSA) is 81.2 Å². The Morgan fingerprint density at radius 1 is 1.04 bits per heavy atom. The van der Waals surface area contributed by atoms with E-state index < -0.39 is 0 Å². The maximum atomic E-state index is 6.15. The molecule has 4 rings (SSSR count). The van der Waals surface area contributed by atoms with Crippen molar-refractivity contribution in [3.63, 3.8) is 0 Å². The molecule has 2 N–H and O–H groups in total. The summed E-state index contributed by atoms with van der Waals surface area (Å²) in [5, 5.41) is 15.0. The molecule has 1 aromatic heterocycles. The summed E-state index contributed by atoms with van der Waals surface area (Å²) in [6, 6.07) is 11.0. The van der Waals surface area contributed by atoms with E-state index in [9.17, 15) is 0 Å². The summed E-state index contributed by atoms with van der Waals surface area (Å²) in [7, 11) is 0. The maximum Gasteiger partial charge on any atom is 0.249 e. The number of anilines is 3. The van der Waals surface area contributed by atoms with E-state index in [2.05, 4.69) is 25.8 Å². The summed E-state index contributed by atoms with van der Waals surface area (Å²) in [6.07, 6.45) is 1.53. The molecule has 0 saturated heterocycles. The number of halogens is 2. The lowest BCUT2D eigenvalue weighted by Crippen LogP contribution is -2.06. The van der Waals surface area contributed by atoms with E-state index in [1.54, 1.807) is 18.2 Å². The number of hydrogen-bond donors (Lipinski definition) is 2. The van der Waals surface area contributed by atoms with Gasteiger partial charge in [0.1, 0.15) is 0 Å². The summed E-state index contributed by atoms with van der Waals surface area (Å²) in [4.78, 5) is 4.37. The second-order valence-corrected chi connectivity index (χ2v) is 6.24. The van der Waals surface area contributed by atoms with Crippen molar-refractivity contribution in [2.24, 2.45) is 0 Å². The van der Waals surface area contributed by atoms with Crippen LogP contribution in [0.5, 0.6) is 11.5 Å². The molecule has 0 radical (unpaired) electrons. The maximum absolute atomic E-state index is 6.15. The van der Waals surface area contributed by atoms with Crippen molar-refractivity contribution in [1.29, 1.82) is 0 Å². The molecule has 2 aromatic carbocycles. The zero-order valence-corrected chi connectivity index (χ0v) is 14.9. The SMILES string of the molecule is Clc1cccc(Cl)c1Nc1nncc(NCc2ccc3c(c2)OCO3)n1. The molecule has 0 atom stereocenters. The van der Waals surface area contributed by atoms with Crippen molar-refractivity contribution in [3.8, 4) is 11.5 Å². The third-order valence-electron chi connectivity index (χ3n) is 3.67. The van der Waals surface area contributed by atoms with E-state index in [1.807, 2.05) is 18.2 Å². The molecule has 0 aliphatic carbocycles. The number of benzene rings is 2. The van der Waals surface area contributed by atoms with Crippen LogP contribution in [0.15, 0.2) is 42.6 Å². The highest BCUT2D eigenvalue weighted by atomic mass is 35.5. The minimum absolute atomic E-state index is 0.252. The first-order valence-electron chi connectivity index (χ1n) is 7.72. The van der Waals surface area contributed by atoms with Gasteiger partial charge in [0, 0.05) is 6.54 Å². The van der Waals surface area contributed by atoms with Gasteiger partial charge in [-0.2, -0.15) is 10.1 Å². The summed E-state index contributed by atoms with van der Waals surface area (Å²) in [6.45, 7) is 0.795. The second-order valence-electron chi connectivity index (χ2n) is 5.43. The summed E-state index contributed by atoms with van der Waals surface area (Å²) in [5.41, 5.74) is 1.56. The fourth-order valence-electron chi connectivity index (χ4n) is 2.41. The number of fused-ring (bicyclic) bond motifs is 1. The van der Waals surface area contributed by atoms with Crippen LogP contribution in [0.1, 0.15) is 5.56 Å². The van der Waals surface area contributed by atoms with Gasteiger partial charge in [-0.25, -0.2) is 0 Å². The zero-order valence-electron chi connectivity index (χ0n) is 13.4. The first-order valence-corrected chi connectivity index (χ1v) is 8.48. The van der Waals surface area contributed by atoms with E-state index in [0.29, 0.717) is 28.1 Å².